The molecular formula is C15H24N2. The molecule has 1 aromatic heterocycles. The predicted octanol–water partition coefficient (Wildman–Crippen LogP) is 3.45. The van der Waals surface area contributed by atoms with Crippen molar-refractivity contribution in [3.8, 4) is 0 Å². The number of nitrogens with zero attached hydrogens (tertiary/aromatic N) is 1. The van der Waals surface area contributed by atoms with Crippen molar-refractivity contribution in [2.75, 3.05) is 0 Å². The molecule has 0 aliphatic heterocycles. The lowest BCUT2D eigenvalue weighted by Gasteiger charge is -2.23. The van der Waals surface area contributed by atoms with Gasteiger partial charge in [0.1, 0.15) is 0 Å². The van der Waals surface area contributed by atoms with Gasteiger partial charge in [-0.05, 0) is 37.3 Å². The molecule has 2 rings (SSSR count). The van der Waals surface area contributed by atoms with Crippen LogP contribution in [0, 0.1) is 12.8 Å². The topological polar surface area (TPSA) is 24.9 Å². The first-order valence-corrected chi connectivity index (χ1v) is 6.91. The van der Waals surface area contributed by atoms with E-state index in [-0.39, 0.29) is 0 Å². The molecule has 94 valence electrons. The second kappa shape index (κ2) is 6.15. The predicted molar refractivity (Wildman–Crippen MR) is 71.9 cm³/mol. The monoisotopic (exact) mass is 232 g/mol. The molecule has 1 aromatic rings. The standard InChI is InChI=1S/C15H24N2/c1-12-7-4-3-5-9-14(12)17-11-15-13(2)8-6-10-16-15/h6,8,10,12,14,17H,3-5,7,9,11H2,1-2H3. The molecule has 2 nitrogen and oxygen atoms in total. The van der Waals surface area contributed by atoms with Crippen LogP contribution in [0.3, 0.4) is 0 Å². The summed E-state index contributed by atoms with van der Waals surface area (Å²) in [6.45, 7) is 5.44. The Kier molecular flexibility index (Phi) is 4.55. The number of aryl methyl sites for hydroxylation is 1. The molecule has 0 spiro atoms. The largest absolute Gasteiger partial charge is 0.308 e. The zero-order chi connectivity index (χ0) is 12.1. The van der Waals surface area contributed by atoms with Gasteiger partial charge in [-0.15, -0.1) is 0 Å². The lowest BCUT2D eigenvalue weighted by atomic mass is 9.97. The van der Waals surface area contributed by atoms with Crippen molar-refractivity contribution in [3.05, 3.63) is 29.6 Å². The summed E-state index contributed by atoms with van der Waals surface area (Å²) in [6, 6.07) is 4.83. The average Bonchev–Trinajstić information content (AvgIpc) is 2.53. The normalized spacial score (nSPS) is 25.5. The van der Waals surface area contributed by atoms with Crippen LogP contribution in [0.15, 0.2) is 18.3 Å². The quantitative estimate of drug-likeness (QED) is 0.807. The smallest absolute Gasteiger partial charge is 0.0570 e. The molecule has 1 aliphatic rings. The van der Waals surface area contributed by atoms with Gasteiger partial charge in [0.05, 0.1) is 5.69 Å². The van der Waals surface area contributed by atoms with Gasteiger partial charge in [0.15, 0.2) is 0 Å². The first kappa shape index (κ1) is 12.6. The third kappa shape index (κ3) is 3.53. The third-order valence-electron chi connectivity index (χ3n) is 4.01. The Morgan fingerprint density at radius 1 is 1.29 bits per heavy atom. The van der Waals surface area contributed by atoms with Gasteiger partial charge in [-0.25, -0.2) is 0 Å². The van der Waals surface area contributed by atoms with Crippen molar-refractivity contribution in [1.82, 2.24) is 10.3 Å². The summed E-state index contributed by atoms with van der Waals surface area (Å²) in [4.78, 5) is 4.45. The van der Waals surface area contributed by atoms with E-state index < -0.39 is 0 Å². The van der Waals surface area contributed by atoms with Gasteiger partial charge < -0.3 is 5.32 Å². The first-order valence-electron chi connectivity index (χ1n) is 6.91. The Morgan fingerprint density at radius 2 is 2.12 bits per heavy atom. The molecule has 1 heterocycles. The van der Waals surface area contributed by atoms with Crippen LogP contribution in [0.25, 0.3) is 0 Å². The number of nitrogens with one attached hydrogen (secondary N) is 1. The van der Waals surface area contributed by atoms with Crippen molar-refractivity contribution in [2.24, 2.45) is 5.92 Å². The molecule has 1 aliphatic carbocycles. The Bertz CT molecular complexity index is 349. The molecule has 1 N–H and O–H groups in total. The van der Waals surface area contributed by atoms with Crippen LogP contribution < -0.4 is 5.32 Å². The summed E-state index contributed by atoms with van der Waals surface area (Å²) in [7, 11) is 0. The molecule has 17 heavy (non-hydrogen) atoms. The highest BCUT2D eigenvalue weighted by Gasteiger charge is 2.19. The summed E-state index contributed by atoms with van der Waals surface area (Å²) < 4.78 is 0. The second-order valence-electron chi connectivity index (χ2n) is 5.37. The molecule has 0 aromatic carbocycles. The maximum absolute atomic E-state index is 4.45. The highest BCUT2D eigenvalue weighted by atomic mass is 14.9. The minimum Gasteiger partial charge on any atom is -0.308 e. The lowest BCUT2D eigenvalue weighted by molar-refractivity contribution is 0.354. The molecule has 0 amide bonds. The summed E-state index contributed by atoms with van der Waals surface area (Å²) in [6.07, 6.45) is 8.78. The van der Waals surface area contributed by atoms with Gasteiger partial charge in [-0.3, -0.25) is 4.98 Å². The van der Waals surface area contributed by atoms with Crippen molar-refractivity contribution in [2.45, 2.75) is 58.5 Å². The molecule has 2 unspecified atom stereocenters. The molecule has 2 atom stereocenters. The van der Waals surface area contributed by atoms with Crippen LogP contribution in [0.5, 0.6) is 0 Å². The summed E-state index contributed by atoms with van der Waals surface area (Å²) in [5.41, 5.74) is 2.49. The van der Waals surface area contributed by atoms with Crippen LogP contribution in [-0.4, -0.2) is 11.0 Å². The van der Waals surface area contributed by atoms with Crippen LogP contribution in [0.1, 0.15) is 50.3 Å². The summed E-state index contributed by atoms with van der Waals surface area (Å²) in [5.74, 6) is 0.807. The molecule has 2 heteroatoms. The fourth-order valence-corrected chi connectivity index (χ4v) is 2.73. The Balaban J connectivity index is 1.90. The number of pyridine rings is 1. The maximum atomic E-state index is 4.45. The average molecular weight is 232 g/mol. The van der Waals surface area contributed by atoms with E-state index in [0.717, 1.165) is 12.5 Å². The van der Waals surface area contributed by atoms with Gasteiger partial charge in [0.25, 0.3) is 0 Å². The second-order valence-corrected chi connectivity index (χ2v) is 5.37. The molecular weight excluding hydrogens is 208 g/mol. The molecule has 0 radical (unpaired) electrons. The van der Waals surface area contributed by atoms with Crippen LogP contribution >= 0.6 is 0 Å². The summed E-state index contributed by atoms with van der Waals surface area (Å²) >= 11 is 0. The number of hydrogen-bond acceptors (Lipinski definition) is 2. The van der Waals surface area contributed by atoms with Crippen LogP contribution in [0.2, 0.25) is 0 Å². The van der Waals surface area contributed by atoms with Crippen LogP contribution in [0.4, 0.5) is 0 Å². The van der Waals surface area contributed by atoms with Gasteiger partial charge in [-0.1, -0.05) is 32.3 Å². The van der Waals surface area contributed by atoms with E-state index in [1.807, 2.05) is 12.3 Å². The minimum absolute atomic E-state index is 0.680. The Labute approximate surface area is 105 Å². The van der Waals surface area contributed by atoms with E-state index in [0.29, 0.717) is 6.04 Å². The van der Waals surface area contributed by atoms with Crippen molar-refractivity contribution < 1.29 is 0 Å². The molecule has 0 bridgehead atoms. The molecule has 1 fully saturated rings. The van der Waals surface area contributed by atoms with Crippen molar-refractivity contribution >= 4 is 0 Å². The highest BCUT2D eigenvalue weighted by molar-refractivity contribution is 5.17. The van der Waals surface area contributed by atoms with E-state index >= 15 is 0 Å². The maximum Gasteiger partial charge on any atom is 0.0570 e. The minimum atomic E-state index is 0.680. The van der Waals surface area contributed by atoms with Crippen LogP contribution in [-0.2, 0) is 6.54 Å². The fourth-order valence-electron chi connectivity index (χ4n) is 2.73. The zero-order valence-electron chi connectivity index (χ0n) is 11.1. The Morgan fingerprint density at radius 3 is 2.94 bits per heavy atom. The van der Waals surface area contributed by atoms with Gasteiger partial charge in [0.2, 0.25) is 0 Å². The fraction of sp³-hybridized carbons (Fsp3) is 0.667. The SMILES string of the molecule is Cc1cccnc1CNC1CCCCCC1C. The number of rotatable bonds is 3. The Hall–Kier alpha value is -0.890. The van der Waals surface area contributed by atoms with E-state index in [1.165, 1.54) is 43.4 Å². The zero-order valence-corrected chi connectivity index (χ0v) is 11.1. The molecule has 1 saturated carbocycles. The van der Waals surface area contributed by atoms with Gasteiger partial charge >= 0.3 is 0 Å². The van der Waals surface area contributed by atoms with Gasteiger partial charge in [0, 0.05) is 18.8 Å². The lowest BCUT2D eigenvalue weighted by Crippen LogP contribution is -2.34. The van der Waals surface area contributed by atoms with Gasteiger partial charge in [-0.2, -0.15) is 0 Å². The van der Waals surface area contributed by atoms with Crippen molar-refractivity contribution in [1.29, 1.82) is 0 Å². The summed E-state index contributed by atoms with van der Waals surface area (Å²) in [5, 5.41) is 3.71. The number of hydrogen-bond donors (Lipinski definition) is 1. The van der Waals surface area contributed by atoms with Crippen molar-refractivity contribution in [3.63, 3.8) is 0 Å². The molecule has 0 saturated heterocycles. The first-order chi connectivity index (χ1) is 8.27. The van der Waals surface area contributed by atoms with E-state index in [4.69, 9.17) is 0 Å². The highest BCUT2D eigenvalue weighted by Crippen LogP contribution is 2.23. The van der Waals surface area contributed by atoms with E-state index in [9.17, 15) is 0 Å². The van der Waals surface area contributed by atoms with E-state index in [1.54, 1.807) is 0 Å². The third-order valence-corrected chi connectivity index (χ3v) is 4.01. The van der Waals surface area contributed by atoms with E-state index in [2.05, 4.69) is 30.2 Å². The number of aromatic nitrogens is 1.